The zero-order valence-corrected chi connectivity index (χ0v) is 11.1. The van der Waals surface area contributed by atoms with Gasteiger partial charge in [-0.2, -0.15) is 4.73 Å². The molecule has 0 unspecified atom stereocenters. The number of nitro groups is 1. The molecule has 0 aliphatic heterocycles. The molecule has 1 aromatic carbocycles. The minimum Gasteiger partial charge on any atom is -0.619 e. The molecule has 0 saturated heterocycles. The van der Waals surface area contributed by atoms with Crippen LogP contribution in [0, 0.1) is 15.3 Å². The largest absolute Gasteiger partial charge is 0.619 e. The van der Waals surface area contributed by atoms with Crippen LogP contribution in [0.25, 0.3) is 10.8 Å². The van der Waals surface area contributed by atoms with E-state index >= 15 is 0 Å². The van der Waals surface area contributed by atoms with Gasteiger partial charge >= 0.3 is 0 Å². The van der Waals surface area contributed by atoms with Crippen LogP contribution in [-0.2, 0) is 0 Å². The van der Waals surface area contributed by atoms with Crippen LogP contribution in [0.1, 0.15) is 0 Å². The van der Waals surface area contributed by atoms with Gasteiger partial charge in [0.2, 0.25) is 0 Å². The molecule has 2 rings (SSSR count). The fourth-order valence-electron chi connectivity index (χ4n) is 1.35. The Hall–Kier alpha value is -1.30. The minimum absolute atomic E-state index is 0.0168. The van der Waals surface area contributed by atoms with E-state index < -0.39 is 9.22 Å². The van der Waals surface area contributed by atoms with Gasteiger partial charge in [-0.05, 0) is 6.07 Å². The van der Waals surface area contributed by atoms with Crippen molar-refractivity contribution in [2.45, 2.75) is 4.30 Å². The predicted molar refractivity (Wildman–Crippen MR) is 70.9 cm³/mol. The Kier molecular flexibility index (Phi) is 5.40. The van der Waals surface area contributed by atoms with E-state index in [4.69, 9.17) is 34.8 Å². The number of nitrogens with zero attached hydrogens (tertiary/aromatic N) is 2. The van der Waals surface area contributed by atoms with Crippen molar-refractivity contribution >= 4 is 51.3 Å². The number of hydrogen-bond donors (Lipinski definition) is 0. The fourth-order valence-corrected chi connectivity index (χ4v) is 1.35. The molecule has 2 aromatic rings. The molecule has 0 atom stereocenters. The van der Waals surface area contributed by atoms with Crippen LogP contribution >= 0.6 is 34.8 Å². The van der Waals surface area contributed by atoms with E-state index in [0.717, 1.165) is 0 Å². The number of fused-ring (bicyclic) bond motifs is 1. The van der Waals surface area contributed by atoms with Crippen LogP contribution in [0.2, 0.25) is 0 Å². The number of halogens is 3. The van der Waals surface area contributed by atoms with Crippen LogP contribution in [0.5, 0.6) is 0 Å². The average molecular weight is 310 g/mol. The first-order valence-corrected chi connectivity index (χ1v) is 5.91. The summed E-state index contributed by atoms with van der Waals surface area (Å²) in [5.41, 5.74) is 0.0168. The number of non-ortho nitro benzene ring substituents is 1. The fraction of sp³-hybridized carbons (Fsp3) is 0.100. The number of pyridine rings is 1. The monoisotopic (exact) mass is 308 g/mol. The highest BCUT2D eigenvalue weighted by Crippen LogP contribution is 2.23. The second-order valence-electron chi connectivity index (χ2n) is 3.09. The highest BCUT2D eigenvalue weighted by Gasteiger charge is 2.11. The quantitative estimate of drug-likeness (QED) is 0.266. The maximum Gasteiger partial charge on any atom is 0.277 e. The highest BCUT2D eigenvalue weighted by molar-refractivity contribution is 6.63. The Labute approximate surface area is 117 Å². The Morgan fingerprint density at radius 3 is 2.39 bits per heavy atom. The second-order valence-corrected chi connectivity index (χ2v) is 5.07. The van der Waals surface area contributed by atoms with Crippen molar-refractivity contribution in [1.82, 2.24) is 0 Å². The lowest BCUT2D eigenvalue weighted by Gasteiger charge is -1.99. The first-order chi connectivity index (χ1) is 8.41. The van der Waals surface area contributed by atoms with Gasteiger partial charge in [0.05, 0.1) is 15.7 Å². The molecule has 0 saturated carbocycles. The smallest absolute Gasteiger partial charge is 0.277 e. The third-order valence-electron chi connectivity index (χ3n) is 1.97. The summed E-state index contributed by atoms with van der Waals surface area (Å²) in [7, 11) is 0. The lowest BCUT2D eigenvalue weighted by atomic mass is 10.1. The summed E-state index contributed by atoms with van der Waals surface area (Å²) in [6, 6.07) is 6.08. The van der Waals surface area contributed by atoms with E-state index in [1.54, 1.807) is 12.1 Å². The zero-order valence-electron chi connectivity index (χ0n) is 8.79. The first-order valence-electron chi connectivity index (χ1n) is 4.60. The first kappa shape index (κ1) is 14.8. The van der Waals surface area contributed by atoms with Gasteiger partial charge in [0.1, 0.15) is 0 Å². The SMILES string of the molecule is ClC(Cl)Cl.O=[N+]([O-])c1cccc2c[n+]([O-])ccc12. The summed E-state index contributed by atoms with van der Waals surface area (Å²) in [6.45, 7) is 0. The number of alkyl halides is 3. The Bertz CT molecular complexity index is 560. The van der Waals surface area contributed by atoms with Gasteiger partial charge in [0.15, 0.2) is 16.7 Å². The molecule has 1 heterocycles. The zero-order chi connectivity index (χ0) is 13.7. The molecular weight excluding hydrogens is 302 g/mol. The van der Waals surface area contributed by atoms with Gasteiger partial charge in [0, 0.05) is 12.1 Å². The van der Waals surface area contributed by atoms with Crippen molar-refractivity contribution in [3.63, 3.8) is 0 Å². The Morgan fingerprint density at radius 2 is 1.83 bits per heavy atom. The van der Waals surface area contributed by atoms with Gasteiger partial charge in [-0.15, -0.1) is 0 Å². The van der Waals surface area contributed by atoms with E-state index in [2.05, 4.69) is 0 Å². The number of aromatic nitrogens is 1. The van der Waals surface area contributed by atoms with Crippen LogP contribution in [0.15, 0.2) is 36.7 Å². The van der Waals surface area contributed by atoms with E-state index in [0.29, 0.717) is 15.5 Å². The van der Waals surface area contributed by atoms with Crippen molar-refractivity contribution in [3.8, 4) is 0 Å². The summed E-state index contributed by atoms with van der Waals surface area (Å²) >= 11 is 14.4. The Morgan fingerprint density at radius 1 is 1.22 bits per heavy atom. The molecule has 0 amide bonds. The molecule has 0 N–H and O–H groups in total. The van der Waals surface area contributed by atoms with Crippen molar-refractivity contribution in [2.75, 3.05) is 0 Å². The van der Waals surface area contributed by atoms with Crippen molar-refractivity contribution in [2.24, 2.45) is 0 Å². The molecule has 5 nitrogen and oxygen atoms in total. The van der Waals surface area contributed by atoms with Crippen LogP contribution in [0.3, 0.4) is 0 Å². The molecule has 96 valence electrons. The molecule has 18 heavy (non-hydrogen) atoms. The molecule has 0 fully saturated rings. The van der Waals surface area contributed by atoms with Gasteiger partial charge in [0.25, 0.3) is 5.69 Å². The Balaban J connectivity index is 0.000000357. The van der Waals surface area contributed by atoms with Crippen LogP contribution in [-0.4, -0.2) is 9.22 Å². The van der Waals surface area contributed by atoms with Gasteiger partial charge in [-0.1, -0.05) is 40.9 Å². The molecule has 0 aliphatic rings. The lowest BCUT2D eigenvalue weighted by Crippen LogP contribution is -2.23. The molecule has 1 aromatic heterocycles. The number of rotatable bonds is 1. The summed E-state index contributed by atoms with van der Waals surface area (Å²) in [6.07, 6.45) is 2.55. The van der Waals surface area contributed by atoms with E-state index in [1.807, 2.05) is 0 Å². The van der Waals surface area contributed by atoms with Crippen molar-refractivity contribution in [3.05, 3.63) is 52.0 Å². The van der Waals surface area contributed by atoms with Crippen LogP contribution in [0.4, 0.5) is 5.69 Å². The van der Waals surface area contributed by atoms with E-state index in [1.165, 1.54) is 24.5 Å². The molecule has 0 radical (unpaired) electrons. The van der Waals surface area contributed by atoms with Crippen molar-refractivity contribution in [1.29, 1.82) is 0 Å². The second kappa shape index (κ2) is 6.58. The van der Waals surface area contributed by atoms with E-state index in [-0.39, 0.29) is 5.69 Å². The molecule has 0 spiro atoms. The molecule has 8 heteroatoms. The van der Waals surface area contributed by atoms with Crippen molar-refractivity contribution < 1.29 is 9.65 Å². The third kappa shape index (κ3) is 4.18. The lowest BCUT2D eigenvalue weighted by molar-refractivity contribution is -0.603. The topological polar surface area (TPSA) is 70.1 Å². The van der Waals surface area contributed by atoms with E-state index in [9.17, 15) is 15.3 Å². The van der Waals surface area contributed by atoms with Crippen LogP contribution < -0.4 is 4.73 Å². The molecular formula is C10H7Cl3N2O3. The molecule has 0 bridgehead atoms. The van der Waals surface area contributed by atoms with Gasteiger partial charge in [-0.3, -0.25) is 10.1 Å². The maximum atomic E-state index is 10.9. The summed E-state index contributed by atoms with van der Waals surface area (Å²) in [5, 5.41) is 22.6. The highest BCUT2D eigenvalue weighted by atomic mass is 35.6. The van der Waals surface area contributed by atoms with Gasteiger partial charge in [-0.25, -0.2) is 0 Å². The summed E-state index contributed by atoms with van der Waals surface area (Å²) < 4.78 is -0.133. The standard InChI is InChI=1S/C9H6N2O3.CHCl3/c12-10-5-4-8-7(6-10)2-1-3-9(8)11(13)14;2-1(3)4/h1-6H;1H. The number of nitro benzene ring substituents is 1. The van der Waals surface area contributed by atoms with Gasteiger partial charge < -0.3 is 5.21 Å². The number of benzene rings is 1. The number of hydrogen-bond acceptors (Lipinski definition) is 3. The maximum absolute atomic E-state index is 10.9. The third-order valence-corrected chi connectivity index (χ3v) is 1.97. The molecule has 0 aliphatic carbocycles. The minimum atomic E-state index is -0.750. The normalized spacial score (nSPS) is 10.0. The summed E-state index contributed by atoms with van der Waals surface area (Å²) in [5.74, 6) is 0. The average Bonchev–Trinajstić information content (AvgIpc) is 2.26. The summed E-state index contributed by atoms with van der Waals surface area (Å²) in [4.78, 5) is 10.2. The predicted octanol–water partition coefficient (Wildman–Crippen LogP) is 3.37.